The predicted octanol–water partition coefficient (Wildman–Crippen LogP) is 3.52. The number of ketones is 1. The number of carbonyl (C=O) groups is 1. The van der Waals surface area contributed by atoms with Crippen LogP contribution in [-0.2, 0) is 0 Å². The quantitative estimate of drug-likeness (QED) is 0.727. The van der Waals surface area contributed by atoms with Gasteiger partial charge in [-0.2, -0.15) is 0 Å². The molecule has 3 nitrogen and oxygen atoms in total. The van der Waals surface area contributed by atoms with Crippen LogP contribution < -0.4 is 5.73 Å². The number of nitrogens with two attached hydrogens (primary N) is 1. The Kier molecular flexibility index (Phi) is 2.75. The van der Waals surface area contributed by atoms with Crippen molar-refractivity contribution in [3.05, 3.63) is 65.4 Å². The lowest BCUT2D eigenvalue weighted by Crippen LogP contribution is -2.06. The highest BCUT2D eigenvalue weighted by atomic mass is 19.1. The van der Waals surface area contributed by atoms with Crippen LogP contribution in [0.25, 0.3) is 11.0 Å². The van der Waals surface area contributed by atoms with Crippen LogP contribution in [0.5, 0.6) is 0 Å². The molecular formula is C15H9F2NO2. The van der Waals surface area contributed by atoms with Crippen molar-refractivity contribution in [3.63, 3.8) is 0 Å². The van der Waals surface area contributed by atoms with Gasteiger partial charge in [0.1, 0.15) is 17.2 Å². The fourth-order valence-electron chi connectivity index (χ4n) is 2.03. The molecule has 0 bridgehead atoms. The summed E-state index contributed by atoms with van der Waals surface area (Å²) in [4.78, 5) is 12.2. The zero-order valence-corrected chi connectivity index (χ0v) is 10.2. The molecule has 2 N–H and O–H groups in total. The summed E-state index contributed by atoms with van der Waals surface area (Å²) >= 11 is 0. The van der Waals surface area contributed by atoms with E-state index in [1.807, 2.05) is 0 Å². The van der Waals surface area contributed by atoms with Gasteiger partial charge in [0.05, 0.1) is 11.3 Å². The molecule has 0 aliphatic heterocycles. The van der Waals surface area contributed by atoms with Crippen LogP contribution in [0.15, 0.2) is 46.9 Å². The number of furan rings is 1. The van der Waals surface area contributed by atoms with Crippen molar-refractivity contribution in [2.75, 3.05) is 5.73 Å². The average molecular weight is 273 g/mol. The first-order chi connectivity index (χ1) is 9.58. The topological polar surface area (TPSA) is 56.2 Å². The molecule has 0 spiro atoms. The van der Waals surface area contributed by atoms with E-state index in [0.29, 0.717) is 11.0 Å². The zero-order valence-electron chi connectivity index (χ0n) is 10.2. The molecule has 0 radical (unpaired) electrons. The van der Waals surface area contributed by atoms with Gasteiger partial charge in [0.25, 0.3) is 0 Å². The van der Waals surface area contributed by atoms with Gasteiger partial charge >= 0.3 is 0 Å². The summed E-state index contributed by atoms with van der Waals surface area (Å²) < 4.78 is 32.1. The van der Waals surface area contributed by atoms with Crippen LogP contribution in [0.3, 0.4) is 0 Å². The third-order valence-electron chi connectivity index (χ3n) is 3.01. The Labute approximate surface area is 112 Å². The van der Waals surface area contributed by atoms with Crippen molar-refractivity contribution < 1.29 is 18.0 Å². The second-order valence-electron chi connectivity index (χ2n) is 4.29. The fraction of sp³-hybridized carbons (Fsp3) is 0. The highest BCUT2D eigenvalue weighted by Crippen LogP contribution is 2.30. The van der Waals surface area contributed by atoms with Gasteiger partial charge in [-0.05, 0) is 30.3 Å². The van der Waals surface area contributed by atoms with Crippen molar-refractivity contribution in [3.8, 4) is 0 Å². The molecular weight excluding hydrogens is 264 g/mol. The van der Waals surface area contributed by atoms with Gasteiger partial charge in [-0.15, -0.1) is 0 Å². The van der Waals surface area contributed by atoms with E-state index in [9.17, 15) is 13.6 Å². The predicted molar refractivity (Wildman–Crippen MR) is 70.4 cm³/mol. The average Bonchev–Trinajstić information content (AvgIpc) is 2.79. The molecule has 5 heteroatoms. The number of benzene rings is 2. The van der Waals surface area contributed by atoms with Gasteiger partial charge in [-0.25, -0.2) is 8.78 Å². The van der Waals surface area contributed by atoms with E-state index in [-0.39, 0.29) is 11.4 Å². The van der Waals surface area contributed by atoms with Crippen molar-refractivity contribution in [1.29, 1.82) is 0 Å². The summed E-state index contributed by atoms with van der Waals surface area (Å²) in [5, 5.41) is 0.563. The molecule has 0 aliphatic rings. The van der Waals surface area contributed by atoms with E-state index in [1.54, 1.807) is 24.3 Å². The van der Waals surface area contributed by atoms with E-state index >= 15 is 0 Å². The van der Waals surface area contributed by atoms with Crippen molar-refractivity contribution in [1.82, 2.24) is 0 Å². The summed E-state index contributed by atoms with van der Waals surface area (Å²) in [6.07, 6.45) is 0. The molecule has 0 saturated carbocycles. The van der Waals surface area contributed by atoms with E-state index in [2.05, 4.69) is 0 Å². The largest absolute Gasteiger partial charge is 0.450 e. The third-order valence-corrected chi connectivity index (χ3v) is 3.01. The van der Waals surface area contributed by atoms with Crippen LogP contribution in [0, 0.1) is 11.6 Å². The van der Waals surface area contributed by atoms with E-state index in [0.717, 1.165) is 18.2 Å². The van der Waals surface area contributed by atoms with Crippen molar-refractivity contribution in [2.45, 2.75) is 0 Å². The second-order valence-corrected chi connectivity index (χ2v) is 4.29. The number of rotatable bonds is 2. The van der Waals surface area contributed by atoms with Crippen LogP contribution in [0.1, 0.15) is 16.1 Å². The van der Waals surface area contributed by atoms with Gasteiger partial charge < -0.3 is 10.2 Å². The van der Waals surface area contributed by atoms with Crippen molar-refractivity contribution in [2.24, 2.45) is 0 Å². The summed E-state index contributed by atoms with van der Waals surface area (Å²) in [5.74, 6) is -2.49. The van der Waals surface area contributed by atoms with Crippen LogP contribution in [-0.4, -0.2) is 5.78 Å². The molecule has 100 valence electrons. The van der Waals surface area contributed by atoms with Crippen LogP contribution in [0.2, 0.25) is 0 Å². The first-order valence-corrected chi connectivity index (χ1v) is 5.84. The Balaban J connectivity index is 2.17. The Bertz CT molecular complexity index is 824. The lowest BCUT2D eigenvalue weighted by molar-refractivity contribution is 0.101. The van der Waals surface area contributed by atoms with Gasteiger partial charge in [-0.1, -0.05) is 12.1 Å². The minimum Gasteiger partial charge on any atom is -0.450 e. The smallest absolute Gasteiger partial charge is 0.233 e. The fourth-order valence-corrected chi connectivity index (χ4v) is 2.03. The molecule has 1 aromatic heterocycles. The summed E-state index contributed by atoms with van der Waals surface area (Å²) in [6.45, 7) is 0. The third kappa shape index (κ3) is 1.84. The number of fused-ring (bicyclic) bond motifs is 1. The molecule has 20 heavy (non-hydrogen) atoms. The Morgan fingerprint density at radius 1 is 1.10 bits per heavy atom. The summed E-state index contributed by atoms with van der Waals surface area (Å²) in [7, 11) is 0. The lowest BCUT2D eigenvalue weighted by Gasteiger charge is -2.01. The summed E-state index contributed by atoms with van der Waals surface area (Å²) in [6, 6.07) is 9.45. The molecule has 3 aromatic rings. The molecule has 1 heterocycles. The molecule has 0 amide bonds. The normalized spacial score (nSPS) is 10.9. The van der Waals surface area contributed by atoms with Crippen molar-refractivity contribution >= 4 is 22.4 Å². The minimum atomic E-state index is -0.823. The molecule has 3 rings (SSSR count). The molecule has 0 aliphatic carbocycles. The number of anilines is 1. The SMILES string of the molecule is Nc1c(C(=O)c2cc(F)ccc2F)oc2ccccc12. The van der Waals surface area contributed by atoms with Gasteiger partial charge in [0, 0.05) is 5.39 Å². The Morgan fingerprint density at radius 2 is 1.85 bits per heavy atom. The first-order valence-electron chi connectivity index (χ1n) is 5.84. The zero-order chi connectivity index (χ0) is 14.3. The standard InChI is InChI=1S/C15H9F2NO2/c16-8-5-6-11(17)10(7-8)14(19)15-13(18)9-3-1-2-4-12(9)20-15/h1-7H,18H2. The molecule has 0 atom stereocenters. The Hall–Kier alpha value is -2.69. The van der Waals surface area contributed by atoms with E-state index < -0.39 is 23.0 Å². The maximum atomic E-state index is 13.6. The van der Waals surface area contributed by atoms with Gasteiger partial charge in [0.15, 0.2) is 5.76 Å². The van der Waals surface area contributed by atoms with Gasteiger partial charge in [-0.3, -0.25) is 4.79 Å². The highest BCUT2D eigenvalue weighted by molar-refractivity contribution is 6.14. The minimum absolute atomic E-state index is 0.120. The van der Waals surface area contributed by atoms with E-state index in [1.165, 1.54) is 0 Å². The molecule has 2 aromatic carbocycles. The van der Waals surface area contributed by atoms with Gasteiger partial charge in [0.2, 0.25) is 5.78 Å². The number of hydrogen-bond acceptors (Lipinski definition) is 3. The number of para-hydroxylation sites is 1. The first kappa shape index (κ1) is 12.3. The highest BCUT2D eigenvalue weighted by Gasteiger charge is 2.22. The molecule has 0 saturated heterocycles. The number of carbonyl (C=O) groups excluding carboxylic acids is 1. The summed E-state index contributed by atoms with van der Waals surface area (Å²) in [5.41, 5.74) is 5.97. The number of halogens is 2. The maximum Gasteiger partial charge on any atom is 0.233 e. The monoisotopic (exact) mass is 273 g/mol. The second kappa shape index (κ2) is 4.45. The maximum absolute atomic E-state index is 13.6. The Morgan fingerprint density at radius 3 is 2.60 bits per heavy atom. The molecule has 0 unspecified atom stereocenters. The number of nitrogen functional groups attached to an aromatic ring is 1. The number of hydrogen-bond donors (Lipinski definition) is 1. The lowest BCUT2D eigenvalue weighted by atomic mass is 10.1. The van der Waals surface area contributed by atoms with Crippen LogP contribution >= 0.6 is 0 Å². The van der Waals surface area contributed by atoms with Crippen LogP contribution in [0.4, 0.5) is 14.5 Å². The molecule has 0 fully saturated rings. The van der Waals surface area contributed by atoms with E-state index in [4.69, 9.17) is 10.2 Å².